The van der Waals surface area contributed by atoms with Crippen molar-refractivity contribution in [3.8, 4) is 0 Å². The number of aliphatic hydroxyl groups is 1. The average Bonchev–Trinajstić information content (AvgIpc) is 2.65. The molecular weight excluding hydrogens is 328 g/mol. The van der Waals surface area contributed by atoms with Crippen molar-refractivity contribution in [2.24, 2.45) is 0 Å². The van der Waals surface area contributed by atoms with Crippen LogP contribution in [0.1, 0.15) is 42.9 Å². The molecule has 2 aromatic rings. The maximum atomic E-state index is 10.5. The molecule has 1 aromatic carbocycles. The molecule has 3 N–H and O–H groups in total. The van der Waals surface area contributed by atoms with Gasteiger partial charge in [-0.3, -0.25) is 0 Å². The molecule has 2 saturated heterocycles. The first-order chi connectivity index (χ1) is 12.5. The lowest BCUT2D eigenvalue weighted by atomic mass is 9.81. The maximum Gasteiger partial charge on any atom is 0.227 e. The molecule has 2 aliphatic heterocycles. The highest BCUT2D eigenvalue weighted by atomic mass is 16.5. The molecular formula is C20H26N4O2. The van der Waals surface area contributed by atoms with E-state index < -0.39 is 0 Å². The van der Waals surface area contributed by atoms with Gasteiger partial charge in [0.2, 0.25) is 5.95 Å². The smallest absolute Gasteiger partial charge is 0.227 e. The standard InChI is InChI=1S/C20H26N4O2/c1-14-13-22-19(23-18(14)21)24-9-7-20(8-10-24)12-16(25)11-17(26-20)15-5-3-2-4-6-15/h2-6,13,16-17,25H,7-12H2,1H3,(H2,21,22,23)/t16-,17-/m1/s1. The molecule has 1 aromatic heterocycles. The molecule has 0 bridgehead atoms. The number of aromatic nitrogens is 2. The number of nitrogens with two attached hydrogens (primary N) is 1. The average molecular weight is 354 g/mol. The van der Waals surface area contributed by atoms with E-state index in [2.05, 4.69) is 27.0 Å². The molecule has 0 radical (unpaired) electrons. The van der Waals surface area contributed by atoms with Gasteiger partial charge in [-0.05, 0) is 25.3 Å². The number of benzene rings is 1. The summed E-state index contributed by atoms with van der Waals surface area (Å²) in [5.41, 5.74) is 7.69. The Labute approximate surface area is 154 Å². The van der Waals surface area contributed by atoms with Gasteiger partial charge in [0.25, 0.3) is 0 Å². The number of nitrogen functional groups attached to an aromatic ring is 1. The highest BCUT2D eigenvalue weighted by Gasteiger charge is 2.44. The highest BCUT2D eigenvalue weighted by molar-refractivity contribution is 5.43. The molecule has 1 spiro atoms. The van der Waals surface area contributed by atoms with Crippen LogP contribution in [0.3, 0.4) is 0 Å². The molecule has 3 heterocycles. The molecule has 0 amide bonds. The van der Waals surface area contributed by atoms with Gasteiger partial charge in [-0.15, -0.1) is 0 Å². The molecule has 2 atom stereocenters. The van der Waals surface area contributed by atoms with Crippen molar-refractivity contribution < 1.29 is 9.84 Å². The summed E-state index contributed by atoms with van der Waals surface area (Å²) in [4.78, 5) is 11.0. The van der Waals surface area contributed by atoms with E-state index in [1.165, 1.54) is 0 Å². The van der Waals surface area contributed by atoms with Crippen molar-refractivity contribution in [1.82, 2.24) is 9.97 Å². The van der Waals surface area contributed by atoms with Crippen LogP contribution in [0.25, 0.3) is 0 Å². The van der Waals surface area contributed by atoms with E-state index in [4.69, 9.17) is 10.5 Å². The first-order valence-corrected chi connectivity index (χ1v) is 9.30. The van der Waals surface area contributed by atoms with Crippen LogP contribution in [0, 0.1) is 6.92 Å². The van der Waals surface area contributed by atoms with Crippen molar-refractivity contribution in [1.29, 1.82) is 0 Å². The molecule has 26 heavy (non-hydrogen) atoms. The minimum absolute atomic E-state index is 0.0437. The predicted octanol–water partition coefficient (Wildman–Crippen LogP) is 2.62. The van der Waals surface area contributed by atoms with Crippen molar-refractivity contribution in [2.45, 2.75) is 50.4 Å². The fourth-order valence-corrected chi connectivity index (χ4v) is 4.06. The summed E-state index contributed by atoms with van der Waals surface area (Å²) in [6.45, 7) is 3.51. The van der Waals surface area contributed by atoms with Crippen LogP contribution in [-0.4, -0.2) is 39.9 Å². The number of hydrogen-bond acceptors (Lipinski definition) is 6. The Morgan fingerprint density at radius 2 is 1.96 bits per heavy atom. The minimum atomic E-state index is -0.327. The number of aryl methyl sites for hydroxylation is 1. The van der Waals surface area contributed by atoms with Gasteiger partial charge in [0.1, 0.15) is 5.82 Å². The molecule has 6 nitrogen and oxygen atoms in total. The zero-order valence-corrected chi connectivity index (χ0v) is 15.1. The van der Waals surface area contributed by atoms with Crippen LogP contribution in [-0.2, 0) is 4.74 Å². The summed E-state index contributed by atoms with van der Waals surface area (Å²) in [6.07, 6.45) is 4.46. The van der Waals surface area contributed by atoms with Gasteiger partial charge < -0.3 is 20.5 Å². The molecule has 138 valence electrons. The van der Waals surface area contributed by atoms with Crippen LogP contribution < -0.4 is 10.6 Å². The van der Waals surface area contributed by atoms with Gasteiger partial charge in [-0.1, -0.05) is 30.3 Å². The number of piperidine rings is 1. The Kier molecular flexibility index (Phi) is 4.54. The van der Waals surface area contributed by atoms with Crippen molar-refractivity contribution in [2.75, 3.05) is 23.7 Å². The number of ether oxygens (including phenoxy) is 1. The maximum absolute atomic E-state index is 10.5. The van der Waals surface area contributed by atoms with Gasteiger partial charge >= 0.3 is 0 Å². The number of aliphatic hydroxyl groups excluding tert-OH is 1. The van der Waals surface area contributed by atoms with Gasteiger partial charge in [-0.2, -0.15) is 4.98 Å². The lowest BCUT2D eigenvalue weighted by molar-refractivity contribution is -0.173. The molecule has 0 aliphatic carbocycles. The van der Waals surface area contributed by atoms with E-state index in [1.807, 2.05) is 25.1 Å². The third-order valence-electron chi connectivity index (χ3n) is 5.61. The Bertz CT molecular complexity index is 760. The SMILES string of the molecule is Cc1cnc(N2CCC3(CC2)C[C@H](O)C[C@H](c2ccccc2)O3)nc1N. The third-order valence-corrected chi connectivity index (χ3v) is 5.61. The Hall–Kier alpha value is -2.18. The zero-order chi connectivity index (χ0) is 18.1. The fraction of sp³-hybridized carbons (Fsp3) is 0.500. The second kappa shape index (κ2) is 6.85. The largest absolute Gasteiger partial charge is 0.393 e. The van der Waals surface area contributed by atoms with Crippen molar-refractivity contribution in [3.05, 3.63) is 47.7 Å². The van der Waals surface area contributed by atoms with Crippen LogP contribution in [0.15, 0.2) is 36.5 Å². The van der Waals surface area contributed by atoms with Gasteiger partial charge in [-0.25, -0.2) is 4.98 Å². The highest BCUT2D eigenvalue weighted by Crippen LogP contribution is 2.43. The Balaban J connectivity index is 1.47. The number of hydrogen-bond donors (Lipinski definition) is 2. The fourth-order valence-electron chi connectivity index (χ4n) is 4.06. The normalized spacial score (nSPS) is 25.4. The predicted molar refractivity (Wildman–Crippen MR) is 101 cm³/mol. The summed E-state index contributed by atoms with van der Waals surface area (Å²) in [5, 5.41) is 10.5. The van der Waals surface area contributed by atoms with Gasteiger partial charge in [0.05, 0.1) is 17.8 Å². The summed E-state index contributed by atoms with van der Waals surface area (Å²) >= 11 is 0. The van der Waals surface area contributed by atoms with Crippen LogP contribution >= 0.6 is 0 Å². The summed E-state index contributed by atoms with van der Waals surface area (Å²) in [5.74, 6) is 1.21. The Morgan fingerprint density at radius 1 is 1.23 bits per heavy atom. The molecule has 2 aliphatic rings. The first kappa shape index (κ1) is 17.2. The number of nitrogens with zero attached hydrogens (tertiary/aromatic N) is 3. The number of anilines is 2. The lowest BCUT2D eigenvalue weighted by Gasteiger charge is -2.48. The third kappa shape index (κ3) is 3.39. The van der Waals surface area contributed by atoms with Crippen LogP contribution in [0.2, 0.25) is 0 Å². The summed E-state index contributed by atoms with van der Waals surface area (Å²) < 4.78 is 6.55. The quantitative estimate of drug-likeness (QED) is 0.862. The molecule has 0 saturated carbocycles. The molecule has 0 unspecified atom stereocenters. The van der Waals surface area contributed by atoms with E-state index >= 15 is 0 Å². The lowest BCUT2D eigenvalue weighted by Crippen LogP contribution is -2.51. The second-order valence-electron chi connectivity index (χ2n) is 7.52. The molecule has 4 rings (SSSR count). The summed E-state index contributed by atoms with van der Waals surface area (Å²) in [7, 11) is 0. The molecule has 6 heteroatoms. The monoisotopic (exact) mass is 354 g/mol. The van der Waals surface area contributed by atoms with Crippen molar-refractivity contribution in [3.63, 3.8) is 0 Å². The van der Waals surface area contributed by atoms with Crippen LogP contribution in [0.5, 0.6) is 0 Å². The second-order valence-corrected chi connectivity index (χ2v) is 7.52. The van der Waals surface area contributed by atoms with Gasteiger partial charge in [0, 0.05) is 37.7 Å². The molecule has 2 fully saturated rings. The minimum Gasteiger partial charge on any atom is -0.393 e. The van der Waals surface area contributed by atoms with E-state index in [0.717, 1.165) is 37.1 Å². The topological polar surface area (TPSA) is 84.5 Å². The van der Waals surface area contributed by atoms with Gasteiger partial charge in [0.15, 0.2) is 0 Å². The summed E-state index contributed by atoms with van der Waals surface area (Å²) in [6, 6.07) is 10.2. The zero-order valence-electron chi connectivity index (χ0n) is 15.1. The first-order valence-electron chi connectivity index (χ1n) is 9.30. The van der Waals surface area contributed by atoms with E-state index in [9.17, 15) is 5.11 Å². The Morgan fingerprint density at radius 3 is 2.65 bits per heavy atom. The van der Waals surface area contributed by atoms with Crippen molar-refractivity contribution >= 4 is 11.8 Å². The van der Waals surface area contributed by atoms with E-state index in [1.54, 1.807) is 6.20 Å². The number of rotatable bonds is 2. The van der Waals surface area contributed by atoms with E-state index in [0.29, 0.717) is 24.6 Å². The van der Waals surface area contributed by atoms with Crippen LogP contribution in [0.4, 0.5) is 11.8 Å². The van der Waals surface area contributed by atoms with E-state index in [-0.39, 0.29) is 17.8 Å².